The van der Waals surface area contributed by atoms with Crippen LogP contribution in [0.25, 0.3) is 5.65 Å². The molecule has 6 heteroatoms. The zero-order valence-corrected chi connectivity index (χ0v) is 12.3. The maximum absolute atomic E-state index is 12.7. The second kappa shape index (κ2) is 4.83. The minimum absolute atomic E-state index is 0.0887. The van der Waals surface area contributed by atoms with Crippen LogP contribution in [-0.2, 0) is 11.3 Å². The number of fused-ring (bicyclic) bond motifs is 1. The maximum atomic E-state index is 12.7. The Morgan fingerprint density at radius 2 is 2.00 bits per heavy atom. The van der Waals surface area contributed by atoms with Gasteiger partial charge in [-0.2, -0.15) is 0 Å². The SMILES string of the molecule is O=C1NC2(CCCCC2)C(=O)N1Cc1cn2ccccc2n1. The second-order valence-electron chi connectivity index (χ2n) is 6.16. The minimum Gasteiger partial charge on any atom is -0.323 e. The van der Waals surface area contributed by atoms with Crippen molar-refractivity contribution in [3.8, 4) is 0 Å². The molecule has 2 aliphatic rings. The number of hydrogen-bond donors (Lipinski definition) is 1. The van der Waals surface area contributed by atoms with E-state index in [0.29, 0.717) is 0 Å². The molecule has 1 aliphatic heterocycles. The van der Waals surface area contributed by atoms with Gasteiger partial charge in [-0.15, -0.1) is 0 Å². The van der Waals surface area contributed by atoms with E-state index in [0.717, 1.165) is 43.4 Å². The summed E-state index contributed by atoms with van der Waals surface area (Å²) < 4.78 is 1.89. The summed E-state index contributed by atoms with van der Waals surface area (Å²) in [6.45, 7) is 0.230. The molecule has 22 heavy (non-hydrogen) atoms. The van der Waals surface area contributed by atoms with Crippen molar-refractivity contribution in [1.82, 2.24) is 19.6 Å². The van der Waals surface area contributed by atoms with Gasteiger partial charge >= 0.3 is 6.03 Å². The van der Waals surface area contributed by atoms with Crippen LogP contribution in [0.1, 0.15) is 37.8 Å². The first-order valence-corrected chi connectivity index (χ1v) is 7.75. The Balaban J connectivity index is 1.59. The molecule has 1 saturated heterocycles. The lowest BCUT2D eigenvalue weighted by molar-refractivity contribution is -0.132. The highest BCUT2D eigenvalue weighted by atomic mass is 16.2. The average Bonchev–Trinajstić information content (AvgIpc) is 3.03. The molecule has 2 aromatic heterocycles. The molecule has 114 valence electrons. The Labute approximate surface area is 128 Å². The molecule has 1 aliphatic carbocycles. The smallest absolute Gasteiger partial charge is 0.323 e. The average molecular weight is 298 g/mol. The van der Waals surface area contributed by atoms with Crippen LogP contribution in [0, 0.1) is 0 Å². The highest BCUT2D eigenvalue weighted by Gasteiger charge is 2.51. The van der Waals surface area contributed by atoms with E-state index in [2.05, 4.69) is 10.3 Å². The number of carbonyl (C=O) groups excluding carboxylic acids is 2. The van der Waals surface area contributed by atoms with Gasteiger partial charge in [0, 0.05) is 12.4 Å². The lowest BCUT2D eigenvalue weighted by Gasteiger charge is -2.30. The van der Waals surface area contributed by atoms with Crippen molar-refractivity contribution in [1.29, 1.82) is 0 Å². The Morgan fingerprint density at radius 1 is 1.18 bits per heavy atom. The third-order valence-electron chi connectivity index (χ3n) is 4.69. The van der Waals surface area contributed by atoms with Gasteiger partial charge in [-0.25, -0.2) is 9.78 Å². The van der Waals surface area contributed by atoms with Crippen molar-refractivity contribution in [2.24, 2.45) is 0 Å². The van der Waals surface area contributed by atoms with E-state index in [1.165, 1.54) is 4.90 Å². The van der Waals surface area contributed by atoms with E-state index >= 15 is 0 Å². The minimum atomic E-state index is -0.658. The molecule has 0 unspecified atom stereocenters. The number of pyridine rings is 1. The zero-order chi connectivity index (χ0) is 15.2. The van der Waals surface area contributed by atoms with Crippen LogP contribution in [0.15, 0.2) is 30.6 Å². The predicted molar refractivity (Wildman–Crippen MR) is 80.1 cm³/mol. The number of imidazole rings is 1. The Hall–Kier alpha value is -2.37. The zero-order valence-electron chi connectivity index (χ0n) is 12.3. The highest BCUT2D eigenvalue weighted by Crippen LogP contribution is 2.34. The van der Waals surface area contributed by atoms with Crippen molar-refractivity contribution < 1.29 is 9.59 Å². The number of amides is 3. The highest BCUT2D eigenvalue weighted by molar-refractivity contribution is 6.07. The molecule has 0 atom stereocenters. The third-order valence-corrected chi connectivity index (χ3v) is 4.69. The molecule has 0 radical (unpaired) electrons. The summed E-state index contributed by atoms with van der Waals surface area (Å²) in [5, 5.41) is 2.93. The summed E-state index contributed by atoms with van der Waals surface area (Å²) in [5.41, 5.74) is 0.883. The number of urea groups is 1. The molecular formula is C16H18N4O2. The summed E-state index contributed by atoms with van der Waals surface area (Å²) in [4.78, 5) is 30.7. The molecule has 1 spiro atoms. The number of imide groups is 1. The van der Waals surface area contributed by atoms with Crippen LogP contribution in [0.3, 0.4) is 0 Å². The fraction of sp³-hybridized carbons (Fsp3) is 0.438. The predicted octanol–water partition coefficient (Wildman–Crippen LogP) is 2.09. The summed E-state index contributed by atoms with van der Waals surface area (Å²) >= 11 is 0. The Morgan fingerprint density at radius 3 is 2.77 bits per heavy atom. The monoisotopic (exact) mass is 298 g/mol. The lowest BCUT2D eigenvalue weighted by atomic mass is 9.82. The van der Waals surface area contributed by atoms with Gasteiger partial charge in [-0.3, -0.25) is 9.69 Å². The van der Waals surface area contributed by atoms with Gasteiger partial charge < -0.3 is 9.72 Å². The fourth-order valence-electron chi connectivity index (χ4n) is 3.54. The molecule has 1 N–H and O–H groups in total. The number of rotatable bonds is 2. The molecule has 2 fully saturated rings. The summed E-state index contributed by atoms with van der Waals surface area (Å²) in [7, 11) is 0. The number of nitrogens with one attached hydrogen (secondary N) is 1. The number of carbonyl (C=O) groups is 2. The van der Waals surface area contributed by atoms with Gasteiger partial charge in [0.05, 0.1) is 12.2 Å². The summed E-state index contributed by atoms with van der Waals surface area (Å²) in [6.07, 6.45) is 8.39. The van der Waals surface area contributed by atoms with Crippen LogP contribution in [0.5, 0.6) is 0 Å². The number of aromatic nitrogens is 2. The summed E-state index contributed by atoms with van der Waals surface area (Å²) in [6, 6.07) is 5.45. The molecule has 1 saturated carbocycles. The van der Waals surface area contributed by atoms with Crippen molar-refractivity contribution >= 4 is 17.6 Å². The van der Waals surface area contributed by atoms with Gasteiger partial charge in [0.15, 0.2) is 0 Å². The van der Waals surface area contributed by atoms with Gasteiger partial charge in [-0.05, 0) is 25.0 Å². The van der Waals surface area contributed by atoms with E-state index in [4.69, 9.17) is 0 Å². The first kappa shape index (κ1) is 13.3. The first-order chi connectivity index (χ1) is 10.7. The Bertz CT molecular complexity index is 712. The van der Waals surface area contributed by atoms with E-state index in [-0.39, 0.29) is 18.5 Å². The third kappa shape index (κ3) is 1.98. The second-order valence-corrected chi connectivity index (χ2v) is 6.16. The number of hydrogen-bond acceptors (Lipinski definition) is 3. The lowest BCUT2D eigenvalue weighted by Crippen LogP contribution is -2.48. The van der Waals surface area contributed by atoms with Crippen molar-refractivity contribution in [3.05, 3.63) is 36.3 Å². The van der Waals surface area contributed by atoms with Crippen LogP contribution >= 0.6 is 0 Å². The van der Waals surface area contributed by atoms with Gasteiger partial charge in [0.1, 0.15) is 11.2 Å². The van der Waals surface area contributed by atoms with Crippen molar-refractivity contribution in [3.63, 3.8) is 0 Å². The summed E-state index contributed by atoms with van der Waals surface area (Å²) in [5.74, 6) is -0.0887. The molecule has 3 heterocycles. The van der Waals surface area contributed by atoms with Crippen LogP contribution < -0.4 is 5.32 Å². The van der Waals surface area contributed by atoms with Crippen molar-refractivity contribution in [2.45, 2.75) is 44.2 Å². The van der Waals surface area contributed by atoms with Crippen LogP contribution in [0.4, 0.5) is 4.79 Å². The molecular weight excluding hydrogens is 280 g/mol. The van der Waals surface area contributed by atoms with E-state index < -0.39 is 5.54 Å². The molecule has 3 amide bonds. The van der Waals surface area contributed by atoms with Gasteiger partial charge in [0.25, 0.3) is 5.91 Å². The quantitative estimate of drug-likeness (QED) is 0.863. The molecule has 6 nitrogen and oxygen atoms in total. The van der Waals surface area contributed by atoms with Crippen molar-refractivity contribution in [2.75, 3.05) is 0 Å². The van der Waals surface area contributed by atoms with Gasteiger partial charge in [0.2, 0.25) is 0 Å². The van der Waals surface area contributed by atoms with Gasteiger partial charge in [-0.1, -0.05) is 25.3 Å². The molecule has 0 aromatic carbocycles. The van der Waals surface area contributed by atoms with E-state index in [1.807, 2.05) is 35.0 Å². The standard InChI is InChI=1S/C16H18N4O2/c21-14-16(7-3-1-4-8-16)18-15(22)20(14)11-12-10-19-9-5-2-6-13(19)17-12/h2,5-6,9-10H,1,3-4,7-8,11H2,(H,18,22). The Kier molecular flexibility index (Phi) is 2.92. The van der Waals surface area contributed by atoms with Crippen LogP contribution in [0.2, 0.25) is 0 Å². The normalized spacial score (nSPS) is 20.8. The topological polar surface area (TPSA) is 66.7 Å². The van der Waals surface area contributed by atoms with E-state index in [1.54, 1.807) is 0 Å². The molecule has 0 bridgehead atoms. The fourth-order valence-corrected chi connectivity index (χ4v) is 3.54. The number of nitrogens with zero attached hydrogens (tertiary/aromatic N) is 3. The first-order valence-electron chi connectivity index (χ1n) is 7.75. The molecule has 2 aromatic rings. The maximum Gasteiger partial charge on any atom is 0.325 e. The largest absolute Gasteiger partial charge is 0.325 e. The van der Waals surface area contributed by atoms with Crippen LogP contribution in [-0.4, -0.2) is 31.8 Å². The van der Waals surface area contributed by atoms with E-state index in [9.17, 15) is 9.59 Å². The molecule has 4 rings (SSSR count).